The average molecular weight is 465 g/mol. The van der Waals surface area contributed by atoms with E-state index in [4.69, 9.17) is 16.3 Å². The molecule has 2 aliphatic heterocycles. The summed E-state index contributed by atoms with van der Waals surface area (Å²) >= 11 is 9.85. The first kappa shape index (κ1) is 19.5. The molecule has 1 aromatic heterocycles. The van der Waals surface area contributed by atoms with E-state index in [2.05, 4.69) is 25.8 Å². The van der Waals surface area contributed by atoms with Gasteiger partial charge in [0.2, 0.25) is 0 Å². The molecule has 7 heteroatoms. The second-order valence-electron chi connectivity index (χ2n) is 7.69. The highest BCUT2D eigenvalue weighted by atomic mass is 79.9. The van der Waals surface area contributed by atoms with Crippen molar-refractivity contribution < 1.29 is 9.53 Å². The molecular formula is C21H23BrClN3O2. The number of hydrogen-bond donors (Lipinski definition) is 0. The van der Waals surface area contributed by atoms with Crippen LogP contribution in [-0.2, 0) is 0 Å². The highest BCUT2D eigenvalue weighted by Crippen LogP contribution is 2.41. The van der Waals surface area contributed by atoms with E-state index in [0.29, 0.717) is 16.3 Å². The standard InChI is InChI=1S/C21H23BrClN3O2/c1-28-17-5-2-4-15(10-17)20(27)26-9-7-21(14-26)6-3-8-25(13-21)19-18(23)11-16(22)12-24-19/h2,4-5,10-12H,3,6-9,13-14H2,1H3. The molecule has 4 rings (SSSR count). The fourth-order valence-corrected chi connectivity index (χ4v) is 5.16. The van der Waals surface area contributed by atoms with Crippen LogP contribution in [0.1, 0.15) is 29.6 Å². The quantitative estimate of drug-likeness (QED) is 0.664. The molecule has 1 unspecified atom stereocenters. The van der Waals surface area contributed by atoms with Gasteiger partial charge in [0.1, 0.15) is 11.6 Å². The van der Waals surface area contributed by atoms with Crippen LogP contribution in [0.15, 0.2) is 41.0 Å². The molecule has 1 amide bonds. The minimum Gasteiger partial charge on any atom is -0.497 e. The van der Waals surface area contributed by atoms with Gasteiger partial charge >= 0.3 is 0 Å². The number of likely N-dealkylation sites (tertiary alicyclic amines) is 1. The number of carbonyl (C=O) groups excluding carboxylic acids is 1. The number of benzene rings is 1. The second-order valence-corrected chi connectivity index (χ2v) is 9.02. The summed E-state index contributed by atoms with van der Waals surface area (Å²) in [6.45, 7) is 3.38. The highest BCUT2D eigenvalue weighted by Gasteiger charge is 2.43. The average Bonchev–Trinajstić information content (AvgIpc) is 3.10. The first-order valence-electron chi connectivity index (χ1n) is 9.49. The summed E-state index contributed by atoms with van der Waals surface area (Å²) in [7, 11) is 1.62. The van der Waals surface area contributed by atoms with Gasteiger partial charge in [-0.2, -0.15) is 0 Å². The third-order valence-electron chi connectivity index (χ3n) is 5.79. The predicted octanol–water partition coefficient (Wildman–Crippen LogP) is 4.64. The van der Waals surface area contributed by atoms with Gasteiger partial charge in [-0.05, 0) is 59.5 Å². The Balaban J connectivity index is 1.49. The summed E-state index contributed by atoms with van der Waals surface area (Å²) in [6, 6.07) is 9.27. The van der Waals surface area contributed by atoms with Gasteiger partial charge in [0, 0.05) is 47.8 Å². The number of halogens is 2. The van der Waals surface area contributed by atoms with Crippen molar-refractivity contribution in [1.82, 2.24) is 9.88 Å². The van der Waals surface area contributed by atoms with E-state index in [1.54, 1.807) is 13.3 Å². The fourth-order valence-electron chi connectivity index (χ4n) is 4.41. The number of methoxy groups -OCH3 is 1. The van der Waals surface area contributed by atoms with Crippen molar-refractivity contribution in [2.24, 2.45) is 5.41 Å². The Kier molecular flexibility index (Phi) is 5.52. The number of pyridine rings is 1. The maximum Gasteiger partial charge on any atom is 0.254 e. The molecule has 0 bridgehead atoms. The van der Waals surface area contributed by atoms with Crippen molar-refractivity contribution in [2.45, 2.75) is 19.3 Å². The molecule has 1 spiro atoms. The van der Waals surface area contributed by atoms with Gasteiger partial charge in [-0.1, -0.05) is 17.7 Å². The first-order valence-corrected chi connectivity index (χ1v) is 10.7. The van der Waals surface area contributed by atoms with E-state index in [9.17, 15) is 4.79 Å². The summed E-state index contributed by atoms with van der Waals surface area (Å²) in [6.07, 6.45) is 5.00. The topological polar surface area (TPSA) is 45.7 Å². The monoisotopic (exact) mass is 463 g/mol. The van der Waals surface area contributed by atoms with Crippen molar-refractivity contribution in [3.05, 3.63) is 51.6 Å². The van der Waals surface area contributed by atoms with Gasteiger partial charge in [0.05, 0.1) is 12.1 Å². The number of carbonyl (C=O) groups is 1. The highest BCUT2D eigenvalue weighted by molar-refractivity contribution is 9.10. The van der Waals surface area contributed by atoms with E-state index in [-0.39, 0.29) is 11.3 Å². The number of rotatable bonds is 3. The molecule has 3 heterocycles. The fraction of sp³-hybridized carbons (Fsp3) is 0.429. The van der Waals surface area contributed by atoms with E-state index in [1.165, 1.54) is 0 Å². The normalized spacial score (nSPS) is 22.0. The van der Waals surface area contributed by atoms with Crippen LogP contribution in [0.3, 0.4) is 0 Å². The summed E-state index contributed by atoms with van der Waals surface area (Å²) in [5.41, 5.74) is 0.784. The van der Waals surface area contributed by atoms with Crippen LogP contribution in [-0.4, -0.2) is 49.1 Å². The molecule has 2 fully saturated rings. The van der Waals surface area contributed by atoms with Crippen LogP contribution in [0.2, 0.25) is 5.02 Å². The van der Waals surface area contributed by atoms with Crippen molar-refractivity contribution in [3.8, 4) is 5.75 Å². The number of ether oxygens (including phenoxy) is 1. The maximum absolute atomic E-state index is 13.0. The number of aromatic nitrogens is 1. The predicted molar refractivity (Wildman–Crippen MR) is 114 cm³/mol. The molecule has 0 radical (unpaired) electrons. The van der Waals surface area contributed by atoms with Gasteiger partial charge in [-0.15, -0.1) is 0 Å². The summed E-state index contributed by atoms with van der Waals surface area (Å²) in [5, 5.41) is 0.661. The first-order chi connectivity index (χ1) is 13.5. The number of nitrogens with zero attached hydrogens (tertiary/aromatic N) is 3. The van der Waals surface area contributed by atoms with Crippen LogP contribution in [0.5, 0.6) is 5.75 Å². The number of amides is 1. The lowest BCUT2D eigenvalue weighted by Gasteiger charge is -2.41. The molecule has 1 aromatic carbocycles. The van der Waals surface area contributed by atoms with Crippen molar-refractivity contribution in [3.63, 3.8) is 0 Å². The van der Waals surface area contributed by atoms with E-state index in [0.717, 1.165) is 55.7 Å². The maximum atomic E-state index is 13.0. The molecule has 0 aliphatic carbocycles. The molecule has 0 N–H and O–H groups in total. The third-order valence-corrected chi connectivity index (χ3v) is 6.50. The van der Waals surface area contributed by atoms with Gasteiger partial charge in [-0.25, -0.2) is 4.98 Å². The molecule has 2 aliphatic rings. The lowest BCUT2D eigenvalue weighted by atomic mass is 9.79. The van der Waals surface area contributed by atoms with Gasteiger partial charge in [-0.3, -0.25) is 4.79 Å². The van der Waals surface area contributed by atoms with E-state index in [1.807, 2.05) is 35.2 Å². The number of anilines is 1. The lowest BCUT2D eigenvalue weighted by Crippen LogP contribution is -2.45. The zero-order chi connectivity index (χ0) is 19.7. The molecule has 28 heavy (non-hydrogen) atoms. The van der Waals surface area contributed by atoms with Crippen LogP contribution >= 0.6 is 27.5 Å². The second kappa shape index (κ2) is 7.91. The van der Waals surface area contributed by atoms with Gasteiger partial charge in [0.25, 0.3) is 5.91 Å². The number of piperidine rings is 1. The van der Waals surface area contributed by atoms with Crippen LogP contribution < -0.4 is 9.64 Å². The van der Waals surface area contributed by atoms with Crippen molar-refractivity contribution >= 4 is 39.3 Å². The Bertz CT molecular complexity index is 894. The van der Waals surface area contributed by atoms with E-state index < -0.39 is 0 Å². The molecule has 1 atom stereocenters. The van der Waals surface area contributed by atoms with Gasteiger partial charge in [0.15, 0.2) is 0 Å². The lowest BCUT2D eigenvalue weighted by molar-refractivity contribution is 0.0767. The SMILES string of the molecule is COc1cccc(C(=O)N2CCC3(CCCN(c4ncc(Br)cc4Cl)C3)C2)c1. The van der Waals surface area contributed by atoms with Crippen molar-refractivity contribution in [1.29, 1.82) is 0 Å². The third kappa shape index (κ3) is 3.85. The summed E-state index contributed by atoms with van der Waals surface area (Å²) < 4.78 is 6.14. The molecule has 2 aromatic rings. The Morgan fingerprint density at radius 2 is 2.11 bits per heavy atom. The van der Waals surface area contributed by atoms with Crippen LogP contribution in [0.25, 0.3) is 0 Å². The van der Waals surface area contributed by atoms with Gasteiger partial charge < -0.3 is 14.5 Å². The zero-order valence-electron chi connectivity index (χ0n) is 15.8. The number of hydrogen-bond acceptors (Lipinski definition) is 4. The van der Waals surface area contributed by atoms with Crippen LogP contribution in [0, 0.1) is 5.41 Å². The zero-order valence-corrected chi connectivity index (χ0v) is 18.2. The largest absolute Gasteiger partial charge is 0.497 e. The smallest absolute Gasteiger partial charge is 0.254 e. The minimum absolute atomic E-state index is 0.0766. The Morgan fingerprint density at radius 3 is 2.89 bits per heavy atom. The molecule has 2 saturated heterocycles. The molecule has 5 nitrogen and oxygen atoms in total. The minimum atomic E-state index is 0.0766. The molecule has 148 valence electrons. The Labute approximate surface area is 178 Å². The summed E-state index contributed by atoms with van der Waals surface area (Å²) in [5.74, 6) is 1.62. The Hall–Kier alpha value is -1.79. The Morgan fingerprint density at radius 1 is 1.25 bits per heavy atom. The summed E-state index contributed by atoms with van der Waals surface area (Å²) in [4.78, 5) is 21.8. The van der Waals surface area contributed by atoms with Crippen LogP contribution in [0.4, 0.5) is 5.82 Å². The van der Waals surface area contributed by atoms with E-state index >= 15 is 0 Å². The molecular weight excluding hydrogens is 442 g/mol. The molecule has 0 saturated carbocycles. The van der Waals surface area contributed by atoms with Crippen molar-refractivity contribution in [2.75, 3.05) is 38.2 Å².